The molecule has 0 unspecified atom stereocenters. The number of thiazole rings is 1. The van der Waals surface area contributed by atoms with Crippen LogP contribution in [0.25, 0.3) is 0 Å². The normalized spacial score (nSPS) is 10.1. The summed E-state index contributed by atoms with van der Waals surface area (Å²) in [6.45, 7) is 0. The second kappa shape index (κ2) is 4.14. The fraction of sp³-hybridized carbons (Fsp3) is 0. The van der Waals surface area contributed by atoms with Gasteiger partial charge in [-0.1, -0.05) is 17.4 Å². The molecule has 0 amide bonds. The van der Waals surface area contributed by atoms with Gasteiger partial charge in [-0.25, -0.2) is 4.98 Å². The minimum atomic E-state index is 0.574. The molecule has 2 rings (SSSR count). The third kappa shape index (κ3) is 2.36. The molecular weight excluding hydrogens is 311 g/mol. The van der Waals surface area contributed by atoms with E-state index in [1.54, 1.807) is 6.20 Å². The maximum atomic E-state index is 5.54. The summed E-state index contributed by atoms with van der Waals surface area (Å²) in [5.74, 6) is 0.784. The van der Waals surface area contributed by atoms with Crippen molar-refractivity contribution in [2.24, 2.45) is 0 Å². The molecule has 2 aromatic rings. The van der Waals surface area contributed by atoms with Crippen LogP contribution in [-0.4, -0.2) is 4.98 Å². The molecule has 1 aromatic carbocycles. The van der Waals surface area contributed by atoms with Gasteiger partial charge in [0.2, 0.25) is 0 Å². The Kier molecular flexibility index (Phi) is 2.87. The Morgan fingerprint density at radius 2 is 2.29 bits per heavy atom. The number of anilines is 1. The van der Waals surface area contributed by atoms with Crippen LogP contribution in [0, 0.1) is 3.57 Å². The standard InChI is InChI=1S/C9H7IN2OS/c10-6-2-1-3-7(4-6)13-9-12-5-8(11)14-9/h1-5H,11H2. The van der Waals surface area contributed by atoms with Crippen LogP contribution in [-0.2, 0) is 0 Å². The Labute approximate surface area is 99.1 Å². The van der Waals surface area contributed by atoms with Gasteiger partial charge in [0.1, 0.15) is 10.8 Å². The van der Waals surface area contributed by atoms with Crippen molar-refractivity contribution in [3.63, 3.8) is 0 Å². The number of halogens is 1. The SMILES string of the molecule is Nc1cnc(Oc2cccc(I)c2)s1. The third-order valence-corrected chi connectivity index (χ3v) is 2.88. The molecule has 1 aromatic heterocycles. The molecule has 0 aliphatic carbocycles. The average Bonchev–Trinajstić information content (AvgIpc) is 2.51. The Morgan fingerprint density at radius 3 is 2.93 bits per heavy atom. The molecule has 72 valence electrons. The summed E-state index contributed by atoms with van der Waals surface area (Å²) < 4.78 is 6.63. The lowest BCUT2D eigenvalue weighted by molar-refractivity contribution is 0.478. The van der Waals surface area contributed by atoms with Gasteiger partial charge in [-0.05, 0) is 40.8 Å². The van der Waals surface area contributed by atoms with Crippen LogP contribution in [0.15, 0.2) is 30.5 Å². The first-order valence-electron chi connectivity index (χ1n) is 3.89. The van der Waals surface area contributed by atoms with Crippen molar-refractivity contribution < 1.29 is 4.74 Å². The molecule has 0 atom stereocenters. The van der Waals surface area contributed by atoms with Gasteiger partial charge < -0.3 is 10.5 Å². The van der Waals surface area contributed by atoms with Crippen LogP contribution in [0.4, 0.5) is 5.00 Å². The minimum absolute atomic E-state index is 0.574. The van der Waals surface area contributed by atoms with Gasteiger partial charge in [0, 0.05) is 3.57 Å². The average molecular weight is 318 g/mol. The van der Waals surface area contributed by atoms with Crippen LogP contribution >= 0.6 is 33.9 Å². The molecule has 0 bridgehead atoms. The lowest BCUT2D eigenvalue weighted by Crippen LogP contribution is -1.82. The Hall–Kier alpha value is -0.820. The molecule has 14 heavy (non-hydrogen) atoms. The third-order valence-electron chi connectivity index (χ3n) is 1.50. The fourth-order valence-corrected chi connectivity index (χ4v) is 2.01. The zero-order valence-corrected chi connectivity index (χ0v) is 10.1. The molecular formula is C9H7IN2OS. The first kappa shape index (κ1) is 9.72. The summed E-state index contributed by atoms with van der Waals surface area (Å²) in [5.41, 5.74) is 5.54. The summed E-state index contributed by atoms with van der Waals surface area (Å²) in [6, 6.07) is 7.77. The van der Waals surface area contributed by atoms with Gasteiger partial charge in [-0.2, -0.15) is 0 Å². The van der Waals surface area contributed by atoms with Gasteiger partial charge in [0.15, 0.2) is 0 Å². The van der Waals surface area contributed by atoms with Crippen LogP contribution < -0.4 is 10.5 Å². The molecule has 2 N–H and O–H groups in total. The van der Waals surface area contributed by atoms with Crippen molar-refractivity contribution in [1.82, 2.24) is 4.98 Å². The quantitative estimate of drug-likeness (QED) is 0.866. The van der Waals surface area contributed by atoms with Crippen LogP contribution in [0.5, 0.6) is 10.9 Å². The van der Waals surface area contributed by atoms with Gasteiger partial charge in [-0.15, -0.1) is 0 Å². The smallest absolute Gasteiger partial charge is 0.280 e. The summed E-state index contributed by atoms with van der Waals surface area (Å²) >= 11 is 3.56. The van der Waals surface area contributed by atoms with Crippen LogP contribution in [0.1, 0.15) is 0 Å². The maximum absolute atomic E-state index is 5.54. The van der Waals surface area contributed by atoms with E-state index in [-0.39, 0.29) is 0 Å². The zero-order chi connectivity index (χ0) is 9.97. The highest BCUT2D eigenvalue weighted by Gasteiger charge is 2.01. The van der Waals surface area contributed by atoms with Gasteiger partial charge in [-0.3, -0.25) is 0 Å². The molecule has 0 saturated carbocycles. The molecule has 5 heteroatoms. The van der Waals surface area contributed by atoms with Crippen LogP contribution in [0.2, 0.25) is 0 Å². The summed E-state index contributed by atoms with van der Waals surface area (Å²) in [5, 5.41) is 1.23. The highest BCUT2D eigenvalue weighted by molar-refractivity contribution is 14.1. The molecule has 0 aliphatic rings. The number of ether oxygens (including phenoxy) is 1. The predicted octanol–water partition coefficient (Wildman–Crippen LogP) is 3.12. The fourth-order valence-electron chi connectivity index (χ4n) is 0.948. The lowest BCUT2D eigenvalue weighted by Gasteiger charge is -2.00. The number of aromatic nitrogens is 1. The zero-order valence-electron chi connectivity index (χ0n) is 7.11. The van der Waals surface area contributed by atoms with Gasteiger partial charge >= 0.3 is 0 Å². The van der Waals surface area contributed by atoms with E-state index in [1.165, 1.54) is 11.3 Å². The van der Waals surface area contributed by atoms with Gasteiger partial charge in [0.05, 0.1) is 6.20 Å². The summed E-state index contributed by atoms with van der Waals surface area (Å²) in [6.07, 6.45) is 1.59. The molecule has 0 saturated heterocycles. The highest BCUT2D eigenvalue weighted by Crippen LogP contribution is 2.28. The first-order chi connectivity index (χ1) is 6.74. The second-order valence-corrected chi connectivity index (χ2v) is 4.86. The number of hydrogen-bond donors (Lipinski definition) is 1. The minimum Gasteiger partial charge on any atom is -0.431 e. The number of benzene rings is 1. The van der Waals surface area contributed by atoms with E-state index in [2.05, 4.69) is 27.6 Å². The summed E-state index contributed by atoms with van der Waals surface area (Å²) in [4.78, 5) is 4.01. The van der Waals surface area contributed by atoms with Crippen molar-refractivity contribution in [2.45, 2.75) is 0 Å². The van der Waals surface area contributed by atoms with E-state index in [0.717, 1.165) is 9.32 Å². The predicted molar refractivity (Wildman–Crippen MR) is 65.8 cm³/mol. The maximum Gasteiger partial charge on any atom is 0.280 e. The molecule has 3 nitrogen and oxygen atoms in total. The van der Waals surface area contributed by atoms with E-state index in [4.69, 9.17) is 10.5 Å². The number of hydrogen-bond acceptors (Lipinski definition) is 4. The molecule has 0 fully saturated rings. The van der Waals surface area contributed by atoms with Gasteiger partial charge in [0.25, 0.3) is 5.19 Å². The second-order valence-electron chi connectivity index (χ2n) is 2.59. The first-order valence-corrected chi connectivity index (χ1v) is 5.78. The molecule has 0 radical (unpaired) electrons. The van der Waals surface area contributed by atoms with Crippen molar-refractivity contribution in [3.05, 3.63) is 34.0 Å². The van der Waals surface area contributed by atoms with Crippen molar-refractivity contribution >= 4 is 38.9 Å². The summed E-state index contributed by atoms with van der Waals surface area (Å²) in [7, 11) is 0. The van der Waals surface area contributed by atoms with Crippen molar-refractivity contribution in [2.75, 3.05) is 5.73 Å². The number of nitrogens with two attached hydrogens (primary N) is 1. The van der Waals surface area contributed by atoms with Crippen molar-refractivity contribution in [3.8, 4) is 10.9 Å². The Balaban J connectivity index is 2.18. The van der Waals surface area contributed by atoms with Crippen LogP contribution in [0.3, 0.4) is 0 Å². The molecule has 0 spiro atoms. The monoisotopic (exact) mass is 318 g/mol. The highest BCUT2D eigenvalue weighted by atomic mass is 127. The lowest BCUT2D eigenvalue weighted by atomic mass is 10.3. The Morgan fingerprint density at radius 1 is 1.43 bits per heavy atom. The van der Waals surface area contributed by atoms with E-state index < -0.39 is 0 Å². The largest absolute Gasteiger partial charge is 0.431 e. The van der Waals surface area contributed by atoms with E-state index in [1.807, 2.05) is 24.3 Å². The molecule has 1 heterocycles. The topological polar surface area (TPSA) is 48.1 Å². The van der Waals surface area contributed by atoms with E-state index >= 15 is 0 Å². The van der Waals surface area contributed by atoms with E-state index in [0.29, 0.717) is 10.2 Å². The van der Waals surface area contributed by atoms with E-state index in [9.17, 15) is 0 Å². The molecule has 0 aliphatic heterocycles. The number of rotatable bonds is 2. The Bertz CT molecular complexity index is 444. The van der Waals surface area contributed by atoms with Crippen molar-refractivity contribution in [1.29, 1.82) is 0 Å². The number of nitrogens with zero attached hydrogens (tertiary/aromatic N) is 1. The number of nitrogen functional groups attached to an aromatic ring is 1.